The van der Waals surface area contributed by atoms with Crippen LogP contribution >= 0.6 is 23.2 Å². The first-order valence-electron chi connectivity index (χ1n) is 5.99. The van der Waals surface area contributed by atoms with Gasteiger partial charge in [0, 0.05) is 16.1 Å². The van der Waals surface area contributed by atoms with Gasteiger partial charge < -0.3 is 5.73 Å². The Hall–Kier alpha value is -1.09. The summed E-state index contributed by atoms with van der Waals surface area (Å²) in [6.45, 7) is 0. The van der Waals surface area contributed by atoms with Gasteiger partial charge in [-0.2, -0.15) is 0 Å². The van der Waals surface area contributed by atoms with Crippen molar-refractivity contribution in [2.24, 2.45) is 5.73 Å². The van der Waals surface area contributed by atoms with Crippen molar-refractivity contribution in [1.29, 1.82) is 0 Å². The molecule has 0 radical (unpaired) electrons. The molecule has 1 unspecified atom stereocenters. The monoisotopic (exact) mass is 297 g/mol. The molecule has 0 saturated heterocycles. The second kappa shape index (κ2) is 6.38. The first-order chi connectivity index (χ1) is 9.06. The molecule has 100 valence electrons. The number of halogens is 3. The van der Waals surface area contributed by atoms with Crippen molar-refractivity contribution >= 4 is 23.2 Å². The van der Waals surface area contributed by atoms with Gasteiger partial charge in [-0.1, -0.05) is 47.5 Å². The van der Waals surface area contributed by atoms with E-state index in [1.807, 2.05) is 24.3 Å². The predicted molar refractivity (Wildman–Crippen MR) is 78.2 cm³/mol. The zero-order chi connectivity index (χ0) is 13.8. The molecule has 0 spiro atoms. The minimum absolute atomic E-state index is 0.108. The summed E-state index contributed by atoms with van der Waals surface area (Å²) in [5, 5.41) is 1.12. The van der Waals surface area contributed by atoms with Crippen LogP contribution in [0.15, 0.2) is 42.5 Å². The molecule has 0 aliphatic carbocycles. The lowest BCUT2D eigenvalue weighted by atomic mass is 9.99. The van der Waals surface area contributed by atoms with Crippen LogP contribution in [0.4, 0.5) is 4.39 Å². The molecule has 0 heterocycles. The Labute approximate surface area is 122 Å². The molecule has 4 heteroatoms. The van der Waals surface area contributed by atoms with E-state index in [2.05, 4.69) is 0 Å². The molecule has 1 atom stereocenters. The average Bonchev–Trinajstić information content (AvgIpc) is 2.36. The average molecular weight is 298 g/mol. The fraction of sp³-hybridized carbons (Fsp3) is 0.200. The molecule has 19 heavy (non-hydrogen) atoms. The summed E-state index contributed by atoms with van der Waals surface area (Å²) in [6.07, 6.45) is 1.25. The van der Waals surface area contributed by atoms with Gasteiger partial charge in [-0.15, -0.1) is 0 Å². The Balaban J connectivity index is 2.05. The molecule has 2 rings (SSSR count). The predicted octanol–water partition coefficient (Wildman–Crippen LogP) is 4.25. The van der Waals surface area contributed by atoms with E-state index in [0.717, 1.165) is 11.1 Å². The van der Waals surface area contributed by atoms with E-state index in [4.69, 9.17) is 28.9 Å². The molecule has 1 nitrogen and oxygen atoms in total. The summed E-state index contributed by atoms with van der Waals surface area (Å²) in [5.74, 6) is -0.339. The van der Waals surface area contributed by atoms with E-state index in [1.165, 1.54) is 12.1 Å². The lowest BCUT2D eigenvalue weighted by molar-refractivity contribution is 0.623. The SMILES string of the molecule is NC(Cc1ccccc1Cl)Cc1ccc(F)cc1Cl. The van der Waals surface area contributed by atoms with E-state index in [9.17, 15) is 4.39 Å². The Morgan fingerprint density at radius 1 is 0.947 bits per heavy atom. The van der Waals surface area contributed by atoms with Crippen LogP contribution in [0.3, 0.4) is 0 Å². The quantitative estimate of drug-likeness (QED) is 0.897. The molecule has 0 aliphatic rings. The Morgan fingerprint density at radius 2 is 1.58 bits per heavy atom. The number of rotatable bonds is 4. The molecule has 0 fully saturated rings. The Kier molecular flexibility index (Phi) is 4.81. The molecular weight excluding hydrogens is 284 g/mol. The molecule has 0 aromatic heterocycles. The van der Waals surface area contributed by atoms with Crippen molar-refractivity contribution in [2.75, 3.05) is 0 Å². The summed E-state index contributed by atoms with van der Waals surface area (Å²) >= 11 is 12.1. The summed E-state index contributed by atoms with van der Waals surface area (Å²) in [6, 6.07) is 11.9. The van der Waals surface area contributed by atoms with E-state index in [0.29, 0.717) is 22.9 Å². The van der Waals surface area contributed by atoms with Crippen LogP contribution in [-0.4, -0.2) is 6.04 Å². The van der Waals surface area contributed by atoms with Crippen LogP contribution in [0.5, 0.6) is 0 Å². The fourth-order valence-electron chi connectivity index (χ4n) is 1.99. The first kappa shape index (κ1) is 14.3. The van der Waals surface area contributed by atoms with E-state index >= 15 is 0 Å². The van der Waals surface area contributed by atoms with Crippen LogP contribution < -0.4 is 5.73 Å². The van der Waals surface area contributed by atoms with Crippen molar-refractivity contribution < 1.29 is 4.39 Å². The van der Waals surface area contributed by atoms with Crippen LogP contribution in [-0.2, 0) is 12.8 Å². The van der Waals surface area contributed by atoms with Crippen molar-refractivity contribution in [2.45, 2.75) is 18.9 Å². The molecule has 0 saturated carbocycles. The minimum Gasteiger partial charge on any atom is -0.327 e. The standard InChI is InChI=1S/C15H14Cl2FN/c16-14-4-2-1-3-10(14)7-13(19)8-11-5-6-12(18)9-15(11)17/h1-6,9,13H,7-8,19H2. The lowest BCUT2D eigenvalue weighted by Gasteiger charge is -2.13. The van der Waals surface area contributed by atoms with Crippen molar-refractivity contribution in [3.05, 3.63) is 69.5 Å². The second-order valence-corrected chi connectivity index (χ2v) is 5.31. The summed E-state index contributed by atoms with van der Waals surface area (Å²) in [4.78, 5) is 0. The van der Waals surface area contributed by atoms with Gasteiger partial charge >= 0.3 is 0 Å². The molecule has 2 aromatic rings. The largest absolute Gasteiger partial charge is 0.327 e. The van der Waals surface area contributed by atoms with E-state index in [1.54, 1.807) is 6.07 Å². The smallest absolute Gasteiger partial charge is 0.124 e. The van der Waals surface area contributed by atoms with Gasteiger partial charge in [-0.3, -0.25) is 0 Å². The first-order valence-corrected chi connectivity index (χ1v) is 6.75. The lowest BCUT2D eigenvalue weighted by Crippen LogP contribution is -2.25. The molecular formula is C15H14Cl2FN. The van der Waals surface area contributed by atoms with Crippen molar-refractivity contribution in [1.82, 2.24) is 0 Å². The summed E-state index contributed by atoms with van der Waals surface area (Å²) < 4.78 is 13.0. The third kappa shape index (κ3) is 3.93. The van der Waals surface area contributed by atoms with Gasteiger partial charge in [0.05, 0.1) is 0 Å². The van der Waals surface area contributed by atoms with Gasteiger partial charge in [-0.05, 0) is 42.2 Å². The van der Waals surface area contributed by atoms with Crippen LogP contribution in [0.2, 0.25) is 10.0 Å². The number of hydrogen-bond acceptors (Lipinski definition) is 1. The third-order valence-corrected chi connectivity index (χ3v) is 3.66. The maximum atomic E-state index is 13.0. The molecule has 2 N–H and O–H groups in total. The molecule has 2 aromatic carbocycles. The second-order valence-electron chi connectivity index (χ2n) is 4.50. The van der Waals surface area contributed by atoms with Gasteiger partial charge in [0.2, 0.25) is 0 Å². The van der Waals surface area contributed by atoms with E-state index in [-0.39, 0.29) is 11.9 Å². The maximum Gasteiger partial charge on any atom is 0.124 e. The Bertz CT molecular complexity index is 572. The fourth-order valence-corrected chi connectivity index (χ4v) is 2.45. The maximum absolute atomic E-state index is 13.0. The van der Waals surface area contributed by atoms with Gasteiger partial charge in [-0.25, -0.2) is 4.39 Å². The van der Waals surface area contributed by atoms with Gasteiger partial charge in [0.1, 0.15) is 5.82 Å². The zero-order valence-corrected chi connectivity index (χ0v) is 11.8. The van der Waals surface area contributed by atoms with Crippen molar-refractivity contribution in [3.8, 4) is 0 Å². The number of hydrogen-bond donors (Lipinski definition) is 1. The van der Waals surface area contributed by atoms with Gasteiger partial charge in [0.25, 0.3) is 0 Å². The topological polar surface area (TPSA) is 26.0 Å². The van der Waals surface area contributed by atoms with Crippen LogP contribution in [0, 0.1) is 5.82 Å². The number of nitrogens with two attached hydrogens (primary N) is 1. The summed E-state index contributed by atoms with van der Waals surface area (Å²) in [5.41, 5.74) is 7.96. The highest BCUT2D eigenvalue weighted by molar-refractivity contribution is 6.31. The highest BCUT2D eigenvalue weighted by Crippen LogP contribution is 2.21. The summed E-state index contributed by atoms with van der Waals surface area (Å²) in [7, 11) is 0. The normalized spacial score (nSPS) is 12.4. The Morgan fingerprint density at radius 3 is 2.21 bits per heavy atom. The zero-order valence-electron chi connectivity index (χ0n) is 10.2. The van der Waals surface area contributed by atoms with E-state index < -0.39 is 0 Å². The molecule has 0 amide bonds. The van der Waals surface area contributed by atoms with Crippen LogP contribution in [0.1, 0.15) is 11.1 Å². The number of benzene rings is 2. The highest BCUT2D eigenvalue weighted by atomic mass is 35.5. The van der Waals surface area contributed by atoms with Gasteiger partial charge in [0.15, 0.2) is 0 Å². The molecule has 0 aliphatic heterocycles. The van der Waals surface area contributed by atoms with Crippen molar-refractivity contribution in [3.63, 3.8) is 0 Å². The molecule has 0 bridgehead atoms. The highest BCUT2D eigenvalue weighted by Gasteiger charge is 2.10. The minimum atomic E-state index is -0.339. The third-order valence-electron chi connectivity index (χ3n) is 2.94. The van der Waals surface area contributed by atoms with Crippen LogP contribution in [0.25, 0.3) is 0 Å².